The lowest BCUT2D eigenvalue weighted by Crippen LogP contribution is -2.18. The van der Waals surface area contributed by atoms with E-state index in [0.29, 0.717) is 0 Å². The topological polar surface area (TPSA) is 3.24 Å². The van der Waals surface area contributed by atoms with Crippen molar-refractivity contribution in [3.8, 4) is 22.3 Å². The molecular formula is C47H27N. The highest BCUT2D eigenvalue weighted by Crippen LogP contribution is 2.51. The minimum absolute atomic E-state index is 0.724. The van der Waals surface area contributed by atoms with Gasteiger partial charge in [0.25, 0.3) is 0 Å². The maximum atomic E-state index is 3.50. The van der Waals surface area contributed by atoms with E-state index >= 15 is 0 Å². The molecule has 0 unspecified atom stereocenters. The number of benzene rings is 5. The predicted molar refractivity (Wildman–Crippen MR) is 195 cm³/mol. The van der Waals surface area contributed by atoms with E-state index in [9.17, 15) is 0 Å². The summed E-state index contributed by atoms with van der Waals surface area (Å²) in [7, 11) is 0. The van der Waals surface area contributed by atoms with E-state index < -0.39 is 5.41 Å². The van der Waals surface area contributed by atoms with Crippen LogP contribution in [-0.4, -0.2) is 0 Å². The van der Waals surface area contributed by atoms with Crippen molar-refractivity contribution in [1.29, 1.82) is 0 Å². The third-order valence-electron chi connectivity index (χ3n) is 7.91. The minimum atomic E-state index is -0.724. The van der Waals surface area contributed by atoms with Gasteiger partial charge in [-0.2, -0.15) is 0 Å². The highest BCUT2D eigenvalue weighted by molar-refractivity contribution is 5.86. The van der Waals surface area contributed by atoms with Gasteiger partial charge in [0.05, 0.1) is 5.41 Å². The Morgan fingerprint density at radius 2 is 0.917 bits per heavy atom. The molecular weight excluding hydrogens is 579 g/mol. The van der Waals surface area contributed by atoms with Crippen LogP contribution in [0, 0.1) is 0 Å². The van der Waals surface area contributed by atoms with Crippen LogP contribution in [0.25, 0.3) is 22.3 Å². The van der Waals surface area contributed by atoms with Crippen molar-refractivity contribution in [3.05, 3.63) is 233 Å². The standard InChI is InChI=1S/C47H27N/c1-3-5-7-9-11-21-35-47(36-22-12-10-8-6-4-2)45-28-20-19-27-43(45)44-34-31-39(37-46(44)47)38-29-32-42(33-30-38)48(40-23-15-13-16-24-40)41-25-17-14-18-26-41/h13-20,23-37H,1-2H2. The summed E-state index contributed by atoms with van der Waals surface area (Å²) in [6.07, 6.45) is 3.93. The molecule has 0 radical (unpaired) electrons. The first-order chi connectivity index (χ1) is 23.7. The summed E-state index contributed by atoms with van der Waals surface area (Å²) in [6.45, 7) is 6.99. The first kappa shape index (κ1) is 30.8. The Balaban J connectivity index is 1.52. The monoisotopic (exact) mass is 605 g/mol. The molecule has 0 N–H and O–H groups in total. The summed E-state index contributed by atoms with van der Waals surface area (Å²) < 4.78 is 0. The predicted octanol–water partition coefficient (Wildman–Crippen LogP) is 11.3. The van der Waals surface area contributed by atoms with Crippen molar-refractivity contribution in [2.24, 2.45) is 0 Å². The first-order valence-electron chi connectivity index (χ1n) is 15.2. The van der Waals surface area contributed by atoms with Crippen LogP contribution < -0.4 is 4.90 Å². The van der Waals surface area contributed by atoms with Crippen LogP contribution >= 0.6 is 0 Å². The molecule has 0 spiro atoms. The number of para-hydroxylation sites is 2. The van der Waals surface area contributed by atoms with Gasteiger partial charge in [0.15, 0.2) is 0 Å². The third-order valence-corrected chi connectivity index (χ3v) is 7.91. The molecule has 0 atom stereocenters. The normalized spacial score (nSPS) is 12.7. The van der Waals surface area contributed by atoms with Gasteiger partial charge in [-0.05, 0) is 147 Å². The molecule has 0 aliphatic heterocycles. The van der Waals surface area contributed by atoms with E-state index in [1.54, 1.807) is 0 Å². The molecule has 1 aliphatic carbocycles. The van der Waals surface area contributed by atoms with Gasteiger partial charge in [0.1, 0.15) is 0 Å². The molecule has 0 saturated heterocycles. The number of nitrogens with zero attached hydrogens (tertiary/aromatic N) is 1. The Kier molecular flexibility index (Phi) is 9.41. The summed E-state index contributed by atoms with van der Waals surface area (Å²) in [5, 5.41) is 0. The van der Waals surface area contributed by atoms with Crippen molar-refractivity contribution >= 4 is 17.1 Å². The number of fused-ring (bicyclic) bond motifs is 3. The number of hydrogen-bond donors (Lipinski definition) is 0. The average molecular weight is 606 g/mol. The highest BCUT2D eigenvalue weighted by atomic mass is 15.1. The second kappa shape index (κ2) is 14.7. The van der Waals surface area contributed by atoms with Gasteiger partial charge in [-0.25, -0.2) is 0 Å². The second-order valence-electron chi connectivity index (χ2n) is 10.7. The lowest BCUT2D eigenvalue weighted by molar-refractivity contribution is 0.847. The van der Waals surface area contributed by atoms with Gasteiger partial charge in [0, 0.05) is 17.1 Å². The number of anilines is 3. The Morgan fingerprint density at radius 1 is 0.438 bits per heavy atom. The zero-order valence-electron chi connectivity index (χ0n) is 26.1. The Hall–Kier alpha value is -7.26. The zero-order valence-corrected chi connectivity index (χ0v) is 26.1. The third kappa shape index (κ3) is 6.42. The molecule has 5 aromatic carbocycles. The summed E-state index contributed by atoms with van der Waals surface area (Å²) in [6, 6.07) is 44.4. The Morgan fingerprint density at radius 3 is 1.50 bits per heavy atom. The molecule has 0 saturated carbocycles. The Bertz CT molecular complexity index is 2380. The molecule has 6 rings (SSSR count). The fourth-order valence-electron chi connectivity index (χ4n) is 5.87. The zero-order chi connectivity index (χ0) is 33.0. The molecule has 1 aliphatic rings. The SMILES string of the molecule is C=C=C=C=C=C=C=CC1(C=C=C=C=C=C=C=C)c2ccccc2-c2ccc(-c3ccc(N(c4ccccc4)c4ccccc4)cc3)cc21. The van der Waals surface area contributed by atoms with Crippen LogP contribution in [0.15, 0.2) is 221 Å². The molecule has 0 fully saturated rings. The lowest BCUT2D eigenvalue weighted by Gasteiger charge is -2.25. The van der Waals surface area contributed by atoms with Crippen molar-refractivity contribution in [2.45, 2.75) is 5.41 Å². The van der Waals surface area contributed by atoms with E-state index in [0.717, 1.165) is 50.4 Å². The van der Waals surface area contributed by atoms with Gasteiger partial charge in [-0.1, -0.05) is 108 Å². The molecule has 0 aromatic heterocycles. The van der Waals surface area contributed by atoms with E-state index in [1.165, 1.54) is 0 Å². The van der Waals surface area contributed by atoms with Gasteiger partial charge in [0.2, 0.25) is 0 Å². The largest absolute Gasteiger partial charge is 0.311 e. The molecule has 0 amide bonds. The van der Waals surface area contributed by atoms with Crippen LogP contribution in [0.2, 0.25) is 0 Å². The van der Waals surface area contributed by atoms with E-state index in [2.05, 4.69) is 196 Å². The average Bonchev–Trinajstić information content (AvgIpc) is 3.41. The summed E-state index contributed by atoms with van der Waals surface area (Å²) in [5.74, 6) is 0. The molecule has 1 heteroatoms. The molecule has 48 heavy (non-hydrogen) atoms. The molecule has 5 aromatic rings. The van der Waals surface area contributed by atoms with Crippen LogP contribution in [-0.2, 0) is 5.41 Å². The lowest BCUT2D eigenvalue weighted by atomic mass is 9.77. The first-order valence-corrected chi connectivity index (χ1v) is 15.2. The van der Waals surface area contributed by atoms with Gasteiger partial charge < -0.3 is 4.90 Å². The van der Waals surface area contributed by atoms with Crippen LogP contribution in [0.1, 0.15) is 11.1 Å². The van der Waals surface area contributed by atoms with Gasteiger partial charge in [-0.3, -0.25) is 0 Å². The summed E-state index contributed by atoms with van der Waals surface area (Å²) in [5.41, 5.74) is 42.6. The van der Waals surface area contributed by atoms with Crippen molar-refractivity contribution in [3.63, 3.8) is 0 Å². The Labute approximate surface area is 281 Å². The highest BCUT2D eigenvalue weighted by Gasteiger charge is 2.40. The van der Waals surface area contributed by atoms with E-state index in [-0.39, 0.29) is 0 Å². The molecule has 0 bridgehead atoms. The van der Waals surface area contributed by atoms with Crippen molar-refractivity contribution < 1.29 is 0 Å². The fourth-order valence-corrected chi connectivity index (χ4v) is 5.87. The maximum Gasteiger partial charge on any atom is 0.0735 e. The van der Waals surface area contributed by atoms with Crippen LogP contribution in [0.5, 0.6) is 0 Å². The smallest absolute Gasteiger partial charge is 0.0735 e. The molecule has 220 valence electrons. The van der Waals surface area contributed by atoms with Gasteiger partial charge >= 0.3 is 0 Å². The number of hydrogen-bond acceptors (Lipinski definition) is 1. The fraction of sp³-hybridized carbons (Fsp3) is 0.0213. The van der Waals surface area contributed by atoms with E-state index in [1.807, 2.05) is 30.4 Å². The maximum absolute atomic E-state index is 3.50. The summed E-state index contributed by atoms with van der Waals surface area (Å²) in [4.78, 5) is 2.26. The molecule has 0 heterocycles. The van der Waals surface area contributed by atoms with Crippen LogP contribution in [0.3, 0.4) is 0 Å². The summed E-state index contributed by atoms with van der Waals surface area (Å²) >= 11 is 0. The van der Waals surface area contributed by atoms with E-state index in [4.69, 9.17) is 0 Å². The van der Waals surface area contributed by atoms with Crippen LogP contribution in [0.4, 0.5) is 17.1 Å². The van der Waals surface area contributed by atoms with Crippen molar-refractivity contribution in [1.82, 2.24) is 0 Å². The van der Waals surface area contributed by atoms with Gasteiger partial charge in [-0.15, -0.1) is 0 Å². The molecule has 1 nitrogen and oxygen atoms in total. The quantitative estimate of drug-likeness (QED) is 0.174. The number of allylic oxidation sites excluding steroid dienone is 2. The van der Waals surface area contributed by atoms with Crippen molar-refractivity contribution in [2.75, 3.05) is 4.90 Å². The second-order valence-corrected chi connectivity index (χ2v) is 10.7. The minimum Gasteiger partial charge on any atom is -0.311 e. The number of rotatable bonds is 6.